The first-order chi connectivity index (χ1) is 12.1. The first-order valence-corrected chi connectivity index (χ1v) is 8.78. The number of aromatic nitrogens is 6. The van der Waals surface area contributed by atoms with Gasteiger partial charge in [-0.3, -0.25) is 9.59 Å². The van der Waals surface area contributed by atoms with Crippen molar-refractivity contribution in [2.75, 3.05) is 5.75 Å². The van der Waals surface area contributed by atoms with Crippen molar-refractivity contribution in [2.45, 2.75) is 31.8 Å². The largest absolute Gasteiger partial charge is 0.277 e. The fourth-order valence-electron chi connectivity index (χ4n) is 2.68. The molecule has 0 radical (unpaired) electrons. The molecule has 3 aromatic rings. The SMILES string of the molecule is CC(CSC#N)n1nnc2cc3c(=O)n(C4CC4)nnc3cc2c1=O. The first kappa shape index (κ1) is 15.7. The zero-order chi connectivity index (χ0) is 17.6. The smallest absolute Gasteiger partial charge is 0.267 e. The number of thioether (sulfide) groups is 1. The van der Waals surface area contributed by atoms with E-state index in [2.05, 4.69) is 20.6 Å². The Kier molecular flexibility index (Phi) is 3.73. The molecule has 126 valence electrons. The van der Waals surface area contributed by atoms with Crippen LogP contribution in [0.15, 0.2) is 21.7 Å². The van der Waals surface area contributed by atoms with Gasteiger partial charge in [0, 0.05) is 5.75 Å². The highest BCUT2D eigenvalue weighted by molar-refractivity contribution is 8.03. The third-order valence-corrected chi connectivity index (χ3v) is 4.97. The highest BCUT2D eigenvalue weighted by Gasteiger charge is 2.27. The molecule has 1 unspecified atom stereocenters. The third-order valence-electron chi connectivity index (χ3n) is 4.19. The van der Waals surface area contributed by atoms with E-state index in [1.165, 1.54) is 15.4 Å². The van der Waals surface area contributed by atoms with E-state index in [0.29, 0.717) is 27.6 Å². The minimum Gasteiger partial charge on any atom is -0.267 e. The Morgan fingerprint density at radius 2 is 1.84 bits per heavy atom. The molecule has 10 heteroatoms. The molecule has 1 fully saturated rings. The maximum atomic E-state index is 12.7. The Morgan fingerprint density at radius 1 is 1.20 bits per heavy atom. The normalized spacial score (nSPS) is 15.4. The number of benzene rings is 1. The molecule has 0 bridgehead atoms. The van der Waals surface area contributed by atoms with Crippen LogP contribution in [0.1, 0.15) is 31.8 Å². The monoisotopic (exact) mass is 355 g/mol. The average Bonchev–Trinajstić information content (AvgIpc) is 3.44. The minimum atomic E-state index is -0.328. The van der Waals surface area contributed by atoms with Crippen LogP contribution in [-0.2, 0) is 0 Å². The molecule has 2 heterocycles. The standard InChI is InChI=1S/C15H13N7O2S/c1-8(6-25-7-16)21-14(23)10-4-13-11(5-12(10)17-19-21)15(24)22(20-18-13)9-2-3-9/h4-5,8-9H,2-3,6H2,1H3. The van der Waals surface area contributed by atoms with Gasteiger partial charge in [0.05, 0.1) is 22.9 Å². The summed E-state index contributed by atoms with van der Waals surface area (Å²) in [4.78, 5) is 25.2. The van der Waals surface area contributed by atoms with Gasteiger partial charge >= 0.3 is 0 Å². The van der Waals surface area contributed by atoms with E-state index in [1.54, 1.807) is 13.0 Å². The van der Waals surface area contributed by atoms with E-state index >= 15 is 0 Å². The molecule has 1 aliphatic rings. The van der Waals surface area contributed by atoms with Gasteiger partial charge in [0.1, 0.15) is 16.4 Å². The van der Waals surface area contributed by atoms with E-state index < -0.39 is 0 Å². The molecule has 9 nitrogen and oxygen atoms in total. The van der Waals surface area contributed by atoms with Crippen LogP contribution in [0.4, 0.5) is 0 Å². The molecule has 0 N–H and O–H groups in total. The molecule has 0 aliphatic heterocycles. The lowest BCUT2D eigenvalue weighted by Gasteiger charge is -2.11. The van der Waals surface area contributed by atoms with Gasteiger partial charge in [-0.05, 0) is 43.7 Å². The molecule has 1 atom stereocenters. The maximum absolute atomic E-state index is 12.7. The summed E-state index contributed by atoms with van der Waals surface area (Å²) in [6.45, 7) is 1.79. The lowest BCUT2D eigenvalue weighted by molar-refractivity contribution is 0.488. The van der Waals surface area contributed by atoms with Crippen molar-refractivity contribution >= 4 is 33.6 Å². The van der Waals surface area contributed by atoms with Gasteiger partial charge < -0.3 is 0 Å². The molecule has 25 heavy (non-hydrogen) atoms. The van der Waals surface area contributed by atoms with Crippen molar-refractivity contribution < 1.29 is 0 Å². The van der Waals surface area contributed by atoms with Crippen molar-refractivity contribution in [2.24, 2.45) is 0 Å². The summed E-state index contributed by atoms with van der Waals surface area (Å²) in [5.74, 6) is 0.427. The van der Waals surface area contributed by atoms with Crippen molar-refractivity contribution in [1.82, 2.24) is 30.0 Å². The topological polar surface area (TPSA) is 119 Å². The van der Waals surface area contributed by atoms with E-state index in [1.807, 2.05) is 5.40 Å². The van der Waals surface area contributed by atoms with Gasteiger partial charge in [0.25, 0.3) is 11.1 Å². The Balaban J connectivity index is 1.89. The van der Waals surface area contributed by atoms with Crippen LogP contribution in [-0.4, -0.2) is 35.7 Å². The predicted molar refractivity (Wildman–Crippen MR) is 92.2 cm³/mol. The highest BCUT2D eigenvalue weighted by atomic mass is 32.2. The van der Waals surface area contributed by atoms with Crippen LogP contribution in [0.25, 0.3) is 21.8 Å². The summed E-state index contributed by atoms with van der Waals surface area (Å²) in [7, 11) is 0. The molecular weight excluding hydrogens is 342 g/mol. The summed E-state index contributed by atoms with van der Waals surface area (Å²) in [6, 6.07) is 2.93. The molecule has 0 spiro atoms. The van der Waals surface area contributed by atoms with Gasteiger partial charge in [-0.15, -0.1) is 10.2 Å². The molecule has 2 aromatic heterocycles. The first-order valence-electron chi connectivity index (χ1n) is 7.79. The van der Waals surface area contributed by atoms with Crippen LogP contribution in [0.5, 0.6) is 0 Å². The minimum absolute atomic E-state index is 0.123. The second-order valence-corrected chi connectivity index (χ2v) is 6.85. The van der Waals surface area contributed by atoms with Crippen molar-refractivity contribution in [3.05, 3.63) is 32.8 Å². The van der Waals surface area contributed by atoms with E-state index in [4.69, 9.17) is 5.26 Å². The molecule has 0 saturated heterocycles. The van der Waals surface area contributed by atoms with E-state index in [9.17, 15) is 9.59 Å². The molecule has 4 rings (SSSR count). The van der Waals surface area contributed by atoms with Gasteiger partial charge in [-0.1, -0.05) is 10.4 Å². The molecule has 1 aliphatic carbocycles. The summed E-state index contributed by atoms with van der Waals surface area (Å²) in [5.41, 5.74) is 0.164. The van der Waals surface area contributed by atoms with Crippen LogP contribution in [0, 0.1) is 10.7 Å². The van der Waals surface area contributed by atoms with Crippen LogP contribution in [0.3, 0.4) is 0 Å². The number of thiocyanates is 1. The number of hydrogen-bond acceptors (Lipinski definition) is 8. The fraction of sp³-hybridized carbons (Fsp3) is 0.400. The predicted octanol–water partition coefficient (Wildman–Crippen LogP) is 1.01. The molecular formula is C15H13N7O2S. The quantitative estimate of drug-likeness (QED) is 0.502. The van der Waals surface area contributed by atoms with Gasteiger partial charge in [-0.25, -0.2) is 9.36 Å². The summed E-state index contributed by atoms with van der Waals surface area (Å²) in [5, 5.41) is 27.4. The summed E-state index contributed by atoms with van der Waals surface area (Å²) >= 11 is 1.05. The van der Waals surface area contributed by atoms with E-state index in [0.717, 1.165) is 24.6 Å². The zero-order valence-corrected chi connectivity index (χ0v) is 14.1. The lowest BCUT2D eigenvalue weighted by Crippen LogP contribution is -2.29. The average molecular weight is 355 g/mol. The third kappa shape index (κ3) is 2.66. The van der Waals surface area contributed by atoms with Crippen LogP contribution < -0.4 is 11.1 Å². The Labute approximate surface area is 145 Å². The zero-order valence-electron chi connectivity index (χ0n) is 13.3. The number of fused-ring (bicyclic) bond motifs is 2. The van der Waals surface area contributed by atoms with E-state index in [-0.39, 0.29) is 23.2 Å². The molecule has 1 saturated carbocycles. The number of hydrogen-bond donors (Lipinski definition) is 0. The number of rotatable bonds is 4. The van der Waals surface area contributed by atoms with Crippen molar-refractivity contribution in [3.63, 3.8) is 0 Å². The fourth-order valence-corrected chi connectivity index (χ4v) is 3.14. The van der Waals surface area contributed by atoms with Gasteiger partial charge in [0.15, 0.2) is 0 Å². The second kappa shape index (κ2) is 5.93. The van der Waals surface area contributed by atoms with Gasteiger partial charge in [0.2, 0.25) is 0 Å². The number of nitrogens with zero attached hydrogens (tertiary/aromatic N) is 7. The Hall–Kier alpha value is -2.80. The van der Waals surface area contributed by atoms with Crippen LogP contribution in [0.2, 0.25) is 0 Å². The summed E-state index contributed by atoms with van der Waals surface area (Å²) in [6.07, 6.45) is 1.85. The van der Waals surface area contributed by atoms with Crippen LogP contribution >= 0.6 is 11.8 Å². The summed E-state index contributed by atoms with van der Waals surface area (Å²) < 4.78 is 2.64. The highest BCUT2D eigenvalue weighted by Crippen LogP contribution is 2.32. The molecule has 1 aromatic carbocycles. The Morgan fingerprint density at radius 3 is 2.48 bits per heavy atom. The van der Waals surface area contributed by atoms with Gasteiger partial charge in [-0.2, -0.15) is 5.26 Å². The van der Waals surface area contributed by atoms with Crippen molar-refractivity contribution in [1.29, 1.82) is 5.26 Å². The maximum Gasteiger partial charge on any atom is 0.277 e. The number of nitriles is 1. The Bertz CT molecular complexity index is 1140. The lowest BCUT2D eigenvalue weighted by atomic mass is 10.2. The molecule has 0 amide bonds. The van der Waals surface area contributed by atoms with Crippen molar-refractivity contribution in [3.8, 4) is 5.40 Å². The second-order valence-electron chi connectivity index (χ2n) is 6.05.